The van der Waals surface area contributed by atoms with Crippen molar-refractivity contribution in [3.05, 3.63) is 93.8 Å². The van der Waals surface area contributed by atoms with E-state index < -0.39 is 0 Å². The first-order valence-electron chi connectivity index (χ1n) is 10.3. The van der Waals surface area contributed by atoms with Crippen LogP contribution in [0, 0.1) is 17.1 Å². The fourth-order valence-electron chi connectivity index (χ4n) is 3.73. The van der Waals surface area contributed by atoms with Crippen molar-refractivity contribution >= 4 is 29.3 Å². The third-order valence-corrected chi connectivity index (χ3v) is 5.66. The SMILES string of the molecule is COc1cc(C=C(C#N)C(=O)N2CCc3ccccc32)cc(Cl)c1OCc1ccccc1F. The van der Waals surface area contributed by atoms with Gasteiger partial charge in [-0.3, -0.25) is 4.79 Å². The maximum Gasteiger partial charge on any atom is 0.268 e. The van der Waals surface area contributed by atoms with Gasteiger partial charge in [-0.1, -0.05) is 48.0 Å². The molecule has 1 aliphatic rings. The number of halogens is 2. The number of benzene rings is 3. The Kier molecular flexibility index (Phi) is 6.62. The molecule has 0 fully saturated rings. The van der Waals surface area contributed by atoms with Crippen LogP contribution in [0.3, 0.4) is 0 Å². The van der Waals surface area contributed by atoms with Crippen molar-refractivity contribution in [2.45, 2.75) is 13.0 Å². The third kappa shape index (κ3) is 4.69. The Morgan fingerprint density at radius 3 is 2.73 bits per heavy atom. The minimum absolute atomic E-state index is 0.0233. The Morgan fingerprint density at radius 1 is 1.21 bits per heavy atom. The number of carbonyl (C=O) groups is 1. The van der Waals surface area contributed by atoms with E-state index in [9.17, 15) is 14.4 Å². The number of hydrogen-bond acceptors (Lipinski definition) is 4. The molecule has 0 atom stereocenters. The molecule has 7 heteroatoms. The third-order valence-electron chi connectivity index (χ3n) is 5.38. The van der Waals surface area contributed by atoms with Crippen LogP contribution in [0.25, 0.3) is 6.08 Å². The molecular formula is C26H20ClFN2O3. The van der Waals surface area contributed by atoms with Crippen LogP contribution in [0.1, 0.15) is 16.7 Å². The summed E-state index contributed by atoms with van der Waals surface area (Å²) >= 11 is 6.41. The molecule has 0 aromatic heterocycles. The first kappa shape index (κ1) is 22.4. The van der Waals surface area contributed by atoms with Crippen LogP contribution in [-0.4, -0.2) is 19.6 Å². The van der Waals surface area contributed by atoms with E-state index in [-0.39, 0.29) is 34.7 Å². The molecule has 0 radical (unpaired) electrons. The summed E-state index contributed by atoms with van der Waals surface area (Å²) < 4.78 is 25.0. The number of fused-ring (bicyclic) bond motifs is 1. The Labute approximate surface area is 196 Å². The van der Waals surface area contributed by atoms with Crippen LogP contribution < -0.4 is 14.4 Å². The number of anilines is 1. The fourth-order valence-corrected chi connectivity index (χ4v) is 4.01. The van der Waals surface area contributed by atoms with Crippen LogP contribution in [0.15, 0.2) is 66.2 Å². The highest BCUT2D eigenvalue weighted by Gasteiger charge is 2.26. The molecule has 0 aliphatic carbocycles. The number of ether oxygens (including phenoxy) is 2. The van der Waals surface area contributed by atoms with Gasteiger partial charge in [-0.15, -0.1) is 0 Å². The monoisotopic (exact) mass is 462 g/mol. The molecular weight excluding hydrogens is 443 g/mol. The van der Waals surface area contributed by atoms with E-state index in [1.54, 1.807) is 35.2 Å². The summed E-state index contributed by atoms with van der Waals surface area (Å²) in [6.45, 7) is 0.484. The summed E-state index contributed by atoms with van der Waals surface area (Å²) in [6.07, 6.45) is 2.21. The molecule has 5 nitrogen and oxygen atoms in total. The first-order chi connectivity index (χ1) is 16.0. The summed E-state index contributed by atoms with van der Waals surface area (Å²) in [4.78, 5) is 14.7. The molecule has 33 heavy (non-hydrogen) atoms. The van der Waals surface area contributed by atoms with Gasteiger partial charge in [-0.2, -0.15) is 5.26 Å². The maximum absolute atomic E-state index is 13.9. The zero-order valence-electron chi connectivity index (χ0n) is 17.8. The summed E-state index contributed by atoms with van der Waals surface area (Å²) in [5, 5.41) is 9.88. The molecule has 3 aromatic rings. The van der Waals surface area contributed by atoms with Crippen molar-refractivity contribution in [2.24, 2.45) is 0 Å². The average molecular weight is 463 g/mol. The highest BCUT2D eigenvalue weighted by atomic mass is 35.5. The largest absolute Gasteiger partial charge is 0.493 e. The maximum atomic E-state index is 13.9. The molecule has 3 aromatic carbocycles. The fraction of sp³-hybridized carbons (Fsp3) is 0.154. The molecule has 1 heterocycles. The van der Waals surface area contributed by atoms with E-state index in [0.29, 0.717) is 23.4 Å². The summed E-state index contributed by atoms with van der Waals surface area (Å²) in [5.41, 5.74) is 2.75. The zero-order chi connectivity index (χ0) is 23.4. The molecule has 1 amide bonds. The molecule has 166 valence electrons. The first-order valence-corrected chi connectivity index (χ1v) is 10.6. The number of nitrogens with zero attached hydrogens (tertiary/aromatic N) is 2. The Hall–Kier alpha value is -3.82. The number of methoxy groups -OCH3 is 1. The van der Waals surface area contributed by atoms with Gasteiger partial charge in [0.1, 0.15) is 24.1 Å². The van der Waals surface area contributed by atoms with Crippen LogP contribution in [0.5, 0.6) is 11.5 Å². The van der Waals surface area contributed by atoms with Gasteiger partial charge in [0.05, 0.1) is 12.1 Å². The second-order valence-electron chi connectivity index (χ2n) is 7.42. The predicted octanol–water partition coefficient (Wildman–Crippen LogP) is 5.56. The molecule has 0 saturated carbocycles. The van der Waals surface area contributed by atoms with Gasteiger partial charge in [0.15, 0.2) is 11.5 Å². The number of amides is 1. The average Bonchev–Trinajstić information content (AvgIpc) is 3.26. The smallest absolute Gasteiger partial charge is 0.268 e. The minimum atomic E-state index is -0.382. The lowest BCUT2D eigenvalue weighted by Crippen LogP contribution is -2.29. The van der Waals surface area contributed by atoms with Crippen molar-refractivity contribution in [3.63, 3.8) is 0 Å². The standard InChI is InChI=1S/C26H20ClFN2O3/c1-32-24-14-17(13-21(27)25(24)33-16-19-7-2-4-8-22(19)28)12-20(15-29)26(31)30-11-10-18-6-3-5-9-23(18)30/h2-9,12-14H,10-11,16H2,1H3. The van der Waals surface area contributed by atoms with Gasteiger partial charge in [-0.05, 0) is 47.9 Å². The highest BCUT2D eigenvalue weighted by molar-refractivity contribution is 6.32. The second kappa shape index (κ2) is 9.76. The van der Waals surface area contributed by atoms with E-state index in [1.165, 1.54) is 19.3 Å². The number of carbonyl (C=O) groups excluding carboxylic acids is 1. The highest BCUT2D eigenvalue weighted by Crippen LogP contribution is 2.38. The van der Waals surface area contributed by atoms with Crippen LogP contribution in [0.2, 0.25) is 5.02 Å². The predicted molar refractivity (Wildman–Crippen MR) is 125 cm³/mol. The van der Waals surface area contributed by atoms with Gasteiger partial charge < -0.3 is 14.4 Å². The zero-order valence-corrected chi connectivity index (χ0v) is 18.6. The van der Waals surface area contributed by atoms with Crippen molar-refractivity contribution < 1.29 is 18.7 Å². The molecule has 4 rings (SSSR count). The van der Waals surface area contributed by atoms with E-state index in [4.69, 9.17) is 21.1 Å². The second-order valence-corrected chi connectivity index (χ2v) is 7.83. The van der Waals surface area contributed by atoms with Gasteiger partial charge >= 0.3 is 0 Å². The van der Waals surface area contributed by atoms with Crippen LogP contribution >= 0.6 is 11.6 Å². The normalized spacial score (nSPS) is 12.8. The minimum Gasteiger partial charge on any atom is -0.493 e. The summed E-state index contributed by atoms with van der Waals surface area (Å²) in [7, 11) is 1.45. The summed E-state index contributed by atoms with van der Waals surface area (Å²) in [6, 6.07) is 19.1. The van der Waals surface area contributed by atoms with E-state index in [0.717, 1.165) is 17.7 Å². The Bertz CT molecular complexity index is 1280. The van der Waals surface area contributed by atoms with Crippen molar-refractivity contribution in [1.82, 2.24) is 0 Å². The van der Waals surface area contributed by atoms with Gasteiger partial charge in [0, 0.05) is 17.8 Å². The molecule has 0 spiro atoms. The molecule has 0 N–H and O–H groups in total. The lowest BCUT2D eigenvalue weighted by molar-refractivity contribution is -0.114. The van der Waals surface area contributed by atoms with E-state index in [1.807, 2.05) is 30.3 Å². The molecule has 1 aliphatic heterocycles. The topological polar surface area (TPSA) is 62.6 Å². The van der Waals surface area contributed by atoms with E-state index >= 15 is 0 Å². The lowest BCUT2D eigenvalue weighted by atomic mass is 10.1. The van der Waals surface area contributed by atoms with Crippen molar-refractivity contribution in [2.75, 3.05) is 18.6 Å². The van der Waals surface area contributed by atoms with Crippen LogP contribution in [-0.2, 0) is 17.8 Å². The molecule has 0 bridgehead atoms. The quantitative estimate of drug-likeness (QED) is 0.355. The summed E-state index contributed by atoms with van der Waals surface area (Å²) in [5.74, 6) is -0.204. The van der Waals surface area contributed by atoms with E-state index in [2.05, 4.69) is 0 Å². The Balaban J connectivity index is 1.59. The molecule has 0 saturated heterocycles. The van der Waals surface area contributed by atoms with Gasteiger partial charge in [0.2, 0.25) is 0 Å². The number of para-hydroxylation sites is 1. The number of hydrogen-bond donors (Lipinski definition) is 0. The number of rotatable bonds is 6. The lowest BCUT2D eigenvalue weighted by Gasteiger charge is -2.17. The van der Waals surface area contributed by atoms with Gasteiger partial charge in [-0.25, -0.2) is 4.39 Å². The van der Waals surface area contributed by atoms with Gasteiger partial charge in [0.25, 0.3) is 5.91 Å². The Morgan fingerprint density at radius 2 is 1.97 bits per heavy atom. The van der Waals surface area contributed by atoms with Crippen molar-refractivity contribution in [1.29, 1.82) is 5.26 Å². The van der Waals surface area contributed by atoms with Crippen LogP contribution in [0.4, 0.5) is 10.1 Å². The molecule has 0 unspecified atom stereocenters. The van der Waals surface area contributed by atoms with Crippen molar-refractivity contribution in [3.8, 4) is 17.6 Å². The number of nitriles is 1.